The van der Waals surface area contributed by atoms with Gasteiger partial charge in [0.05, 0.1) is 23.8 Å². The molecule has 0 aromatic heterocycles. The van der Waals surface area contributed by atoms with Crippen LogP contribution in [0.2, 0.25) is 0 Å². The molecule has 0 heterocycles. The maximum atomic E-state index is 12.7. The first-order valence-corrected chi connectivity index (χ1v) is 6.95. The first-order valence-electron chi connectivity index (χ1n) is 6.95. The molecule has 0 saturated carbocycles. The Bertz CT molecular complexity index is 475. The lowest BCUT2D eigenvalue weighted by Gasteiger charge is -2.17. The van der Waals surface area contributed by atoms with E-state index in [0.29, 0.717) is 12.1 Å². The van der Waals surface area contributed by atoms with Crippen LogP contribution in [0.15, 0.2) is 18.2 Å². The monoisotopic (exact) mass is 344 g/mol. The van der Waals surface area contributed by atoms with Crippen LogP contribution in [0.5, 0.6) is 5.75 Å². The molecule has 0 amide bonds. The van der Waals surface area contributed by atoms with Crippen molar-refractivity contribution < 1.29 is 35.8 Å². The van der Waals surface area contributed by atoms with E-state index in [0.717, 1.165) is 0 Å². The minimum atomic E-state index is -4.89. The standard InChI is InChI=1S/C15H18F6O2/c1-9(2)10(3)22-4-5-23-13-7-11(14(16,17)18)6-12(8-13)15(19,20)21/h6-10H,4-5H2,1-3H3. The Balaban J connectivity index is 2.82. The fourth-order valence-corrected chi connectivity index (χ4v) is 1.60. The van der Waals surface area contributed by atoms with Crippen LogP contribution in [0.4, 0.5) is 26.3 Å². The van der Waals surface area contributed by atoms with Gasteiger partial charge in [-0.15, -0.1) is 0 Å². The molecule has 0 aliphatic heterocycles. The molecule has 1 unspecified atom stereocenters. The molecule has 23 heavy (non-hydrogen) atoms. The second-order valence-electron chi connectivity index (χ2n) is 5.41. The number of rotatable bonds is 6. The summed E-state index contributed by atoms with van der Waals surface area (Å²) in [5, 5.41) is 0. The molecule has 2 nitrogen and oxygen atoms in total. The highest BCUT2D eigenvalue weighted by atomic mass is 19.4. The third kappa shape index (κ3) is 6.29. The van der Waals surface area contributed by atoms with Gasteiger partial charge in [-0.3, -0.25) is 0 Å². The quantitative estimate of drug-likeness (QED) is 0.524. The molecule has 0 N–H and O–H groups in total. The molecule has 0 bridgehead atoms. The average molecular weight is 344 g/mol. The van der Waals surface area contributed by atoms with E-state index in [2.05, 4.69) is 0 Å². The Labute approximate surface area is 130 Å². The summed E-state index contributed by atoms with van der Waals surface area (Å²) in [7, 11) is 0. The Hall–Kier alpha value is -1.44. The van der Waals surface area contributed by atoms with Crippen molar-refractivity contribution >= 4 is 0 Å². The fourth-order valence-electron chi connectivity index (χ4n) is 1.60. The predicted molar refractivity (Wildman–Crippen MR) is 72.2 cm³/mol. The number of benzene rings is 1. The number of halogens is 6. The van der Waals surface area contributed by atoms with Crippen LogP contribution in [0.1, 0.15) is 31.9 Å². The molecule has 8 heteroatoms. The van der Waals surface area contributed by atoms with Gasteiger partial charge in [0.1, 0.15) is 12.4 Å². The van der Waals surface area contributed by atoms with E-state index in [1.54, 1.807) is 0 Å². The van der Waals surface area contributed by atoms with E-state index in [4.69, 9.17) is 9.47 Å². The third-order valence-electron chi connectivity index (χ3n) is 3.23. The average Bonchev–Trinajstić information content (AvgIpc) is 2.41. The summed E-state index contributed by atoms with van der Waals surface area (Å²) >= 11 is 0. The van der Waals surface area contributed by atoms with Gasteiger partial charge in [-0.05, 0) is 31.0 Å². The van der Waals surface area contributed by atoms with E-state index >= 15 is 0 Å². The summed E-state index contributed by atoms with van der Waals surface area (Å²) in [6, 6.07) is 1.15. The van der Waals surface area contributed by atoms with E-state index < -0.39 is 29.2 Å². The van der Waals surface area contributed by atoms with Crippen molar-refractivity contribution in [3.8, 4) is 5.75 Å². The maximum Gasteiger partial charge on any atom is 0.416 e. The van der Waals surface area contributed by atoms with Gasteiger partial charge in [-0.1, -0.05) is 13.8 Å². The number of alkyl halides is 6. The summed E-state index contributed by atoms with van der Waals surface area (Å²) in [6.07, 6.45) is -9.87. The molecule has 0 spiro atoms. The van der Waals surface area contributed by atoms with Gasteiger partial charge in [0.15, 0.2) is 0 Å². The van der Waals surface area contributed by atoms with Crippen LogP contribution in [0.3, 0.4) is 0 Å². The normalized spacial score (nSPS) is 14.2. The van der Waals surface area contributed by atoms with Gasteiger partial charge < -0.3 is 9.47 Å². The zero-order chi connectivity index (χ0) is 17.8. The Morgan fingerprint density at radius 3 is 1.70 bits per heavy atom. The molecule has 0 aliphatic rings. The minimum absolute atomic E-state index is 0.0597. The zero-order valence-electron chi connectivity index (χ0n) is 12.9. The molecule has 0 saturated heterocycles. The van der Waals surface area contributed by atoms with Crippen LogP contribution >= 0.6 is 0 Å². The van der Waals surface area contributed by atoms with Crippen LogP contribution in [-0.2, 0) is 17.1 Å². The molecule has 1 aromatic rings. The molecule has 1 rings (SSSR count). The SMILES string of the molecule is CC(C)C(C)OCCOc1cc(C(F)(F)F)cc(C(F)(F)F)c1. The van der Waals surface area contributed by atoms with Crippen molar-refractivity contribution in [2.24, 2.45) is 5.92 Å². The Morgan fingerprint density at radius 1 is 0.826 bits per heavy atom. The molecular formula is C15H18F6O2. The highest BCUT2D eigenvalue weighted by Crippen LogP contribution is 2.38. The minimum Gasteiger partial charge on any atom is -0.491 e. The topological polar surface area (TPSA) is 18.5 Å². The lowest BCUT2D eigenvalue weighted by atomic mass is 10.1. The largest absolute Gasteiger partial charge is 0.491 e. The molecule has 0 fully saturated rings. The van der Waals surface area contributed by atoms with Crippen molar-refractivity contribution in [1.29, 1.82) is 0 Å². The lowest BCUT2D eigenvalue weighted by Crippen LogP contribution is -2.19. The van der Waals surface area contributed by atoms with Gasteiger partial charge in [0.25, 0.3) is 0 Å². The summed E-state index contributed by atoms with van der Waals surface area (Å²) in [6.45, 7) is 5.59. The number of ether oxygens (including phenoxy) is 2. The molecule has 1 atom stereocenters. The van der Waals surface area contributed by atoms with Crippen LogP contribution in [0.25, 0.3) is 0 Å². The number of hydrogen-bond acceptors (Lipinski definition) is 2. The highest BCUT2D eigenvalue weighted by Gasteiger charge is 2.37. The molecule has 0 radical (unpaired) electrons. The summed E-state index contributed by atoms with van der Waals surface area (Å²) < 4.78 is 86.4. The smallest absolute Gasteiger partial charge is 0.416 e. The first-order chi connectivity index (χ1) is 10.4. The van der Waals surface area contributed by atoms with Gasteiger partial charge in [-0.25, -0.2) is 0 Å². The second kappa shape index (κ2) is 7.42. The van der Waals surface area contributed by atoms with Gasteiger partial charge in [0.2, 0.25) is 0 Å². The van der Waals surface area contributed by atoms with Gasteiger partial charge in [-0.2, -0.15) is 26.3 Å². The molecular weight excluding hydrogens is 326 g/mol. The summed E-state index contributed by atoms with van der Waals surface area (Å²) in [4.78, 5) is 0. The Kier molecular flexibility index (Phi) is 6.33. The van der Waals surface area contributed by atoms with Gasteiger partial charge in [0, 0.05) is 0 Å². The van der Waals surface area contributed by atoms with Crippen molar-refractivity contribution in [1.82, 2.24) is 0 Å². The van der Waals surface area contributed by atoms with Crippen molar-refractivity contribution in [2.75, 3.05) is 13.2 Å². The van der Waals surface area contributed by atoms with Crippen molar-refractivity contribution in [3.63, 3.8) is 0 Å². The van der Waals surface area contributed by atoms with Crippen LogP contribution in [0, 0.1) is 5.92 Å². The van der Waals surface area contributed by atoms with Gasteiger partial charge >= 0.3 is 12.4 Å². The second-order valence-corrected chi connectivity index (χ2v) is 5.41. The highest BCUT2D eigenvalue weighted by molar-refractivity contribution is 5.37. The maximum absolute atomic E-state index is 12.7. The first kappa shape index (κ1) is 19.6. The van der Waals surface area contributed by atoms with E-state index in [-0.39, 0.29) is 31.3 Å². The van der Waals surface area contributed by atoms with Crippen molar-refractivity contribution in [3.05, 3.63) is 29.3 Å². The Morgan fingerprint density at radius 2 is 1.30 bits per heavy atom. The van der Waals surface area contributed by atoms with E-state index in [1.165, 1.54) is 0 Å². The van der Waals surface area contributed by atoms with Crippen LogP contribution in [-0.4, -0.2) is 19.3 Å². The predicted octanol–water partition coefficient (Wildman–Crippen LogP) is 5.16. The van der Waals surface area contributed by atoms with Crippen LogP contribution < -0.4 is 4.74 Å². The summed E-state index contributed by atoms with van der Waals surface area (Å²) in [5.74, 6) is -0.256. The van der Waals surface area contributed by atoms with Crippen molar-refractivity contribution in [2.45, 2.75) is 39.2 Å². The number of hydrogen-bond donors (Lipinski definition) is 0. The zero-order valence-corrected chi connectivity index (χ0v) is 12.9. The summed E-state index contributed by atoms with van der Waals surface area (Å²) in [5.41, 5.74) is -2.81. The van der Waals surface area contributed by atoms with E-state index in [1.807, 2.05) is 20.8 Å². The lowest BCUT2D eigenvalue weighted by molar-refractivity contribution is -0.143. The fraction of sp³-hybridized carbons (Fsp3) is 0.600. The molecule has 0 aliphatic carbocycles. The van der Waals surface area contributed by atoms with E-state index in [9.17, 15) is 26.3 Å². The molecule has 1 aromatic carbocycles. The third-order valence-corrected chi connectivity index (χ3v) is 3.23. The molecule has 132 valence electrons.